The molecule has 0 saturated carbocycles. The Kier molecular flexibility index (Phi) is 3.10. The Labute approximate surface area is 50.5 Å². The Morgan fingerprint density at radius 3 is 2.00 bits per heavy atom. The molecule has 0 spiro atoms. The first kappa shape index (κ1) is 8.31. The number of hydrogen-bond donors (Lipinski definition) is 4. The molecule has 0 aliphatic rings. The average Bonchev–Trinajstić information content (AvgIpc) is 1.64. The van der Waals surface area contributed by atoms with Crippen LogP contribution in [0.25, 0.3) is 0 Å². The molecule has 6 nitrogen and oxygen atoms in total. The average molecular weight is 137 g/mol. The van der Waals surface area contributed by atoms with Gasteiger partial charge in [-0.25, -0.2) is 0 Å². The van der Waals surface area contributed by atoms with E-state index >= 15 is 0 Å². The number of nitrogens with zero attached hydrogens (tertiary/aromatic N) is 1. The summed E-state index contributed by atoms with van der Waals surface area (Å²) in [5.41, 5.74) is 0. The monoisotopic (exact) mass is 137 g/mol. The van der Waals surface area contributed by atoms with E-state index in [0.29, 0.717) is 0 Å². The third kappa shape index (κ3) is 2.38. The van der Waals surface area contributed by atoms with Crippen molar-refractivity contribution >= 4 is 5.97 Å². The number of rotatable bonds is 3. The van der Waals surface area contributed by atoms with E-state index in [2.05, 4.69) is 0 Å². The van der Waals surface area contributed by atoms with E-state index in [0.717, 1.165) is 0 Å². The molecule has 0 aromatic rings. The van der Waals surface area contributed by atoms with Crippen LogP contribution in [0.5, 0.6) is 0 Å². The highest BCUT2D eigenvalue weighted by molar-refractivity contribution is 5.73. The number of aliphatic hydroxyl groups is 1. The first-order valence-electron chi connectivity index (χ1n) is 2.10. The maximum Gasteiger partial charge on any atom is 0.328 e. The Morgan fingerprint density at radius 2 is 2.00 bits per heavy atom. The van der Waals surface area contributed by atoms with Crippen LogP contribution in [0.2, 0.25) is 0 Å². The molecule has 9 heavy (non-hydrogen) atoms. The minimum atomic E-state index is -1.66. The lowest BCUT2D eigenvalue weighted by molar-refractivity contribution is -0.330. The molecule has 54 valence electrons. The van der Waals surface area contributed by atoms with E-state index in [9.17, 15) is 4.79 Å². The largest absolute Gasteiger partial charge is 0.480 e. The van der Waals surface area contributed by atoms with Crippen LogP contribution < -0.4 is 0 Å². The Morgan fingerprint density at radius 1 is 1.56 bits per heavy atom. The van der Waals surface area contributed by atoms with Gasteiger partial charge in [-0.2, -0.15) is 0 Å². The summed E-state index contributed by atoms with van der Waals surface area (Å²) in [6.07, 6.45) is 0. The van der Waals surface area contributed by atoms with Crippen LogP contribution in [0.3, 0.4) is 0 Å². The van der Waals surface area contributed by atoms with Crippen molar-refractivity contribution in [3.05, 3.63) is 0 Å². The van der Waals surface area contributed by atoms with Gasteiger partial charge in [0.15, 0.2) is 6.04 Å². The highest BCUT2D eigenvalue weighted by atomic mass is 16.8. The topological polar surface area (TPSA) is 101 Å². The molecule has 4 N–H and O–H groups in total. The van der Waals surface area contributed by atoms with E-state index in [4.69, 9.17) is 20.6 Å². The summed E-state index contributed by atoms with van der Waals surface area (Å²) in [7, 11) is 0. The van der Waals surface area contributed by atoms with Crippen molar-refractivity contribution in [1.82, 2.24) is 5.23 Å². The normalized spacial score (nSPS) is 13.8. The lowest BCUT2D eigenvalue weighted by atomic mass is 10.3. The molecule has 0 aromatic heterocycles. The first-order valence-corrected chi connectivity index (χ1v) is 2.10. The zero-order valence-electron chi connectivity index (χ0n) is 4.43. The third-order valence-electron chi connectivity index (χ3n) is 0.737. The summed E-state index contributed by atoms with van der Waals surface area (Å²) in [5.74, 6) is -1.50. The van der Waals surface area contributed by atoms with E-state index < -0.39 is 23.8 Å². The second-order valence-electron chi connectivity index (χ2n) is 1.36. The van der Waals surface area contributed by atoms with Gasteiger partial charge in [0.1, 0.15) is 0 Å². The number of carboxylic acids is 1. The minimum absolute atomic E-state index is 0.553. The molecular weight excluding hydrogens is 130 g/mol. The van der Waals surface area contributed by atoms with Crippen molar-refractivity contribution in [2.75, 3.05) is 6.61 Å². The van der Waals surface area contributed by atoms with Crippen molar-refractivity contribution < 1.29 is 25.4 Å². The van der Waals surface area contributed by atoms with Gasteiger partial charge in [0.05, 0.1) is 6.61 Å². The molecule has 0 radical (unpaired) electrons. The molecule has 0 aliphatic carbocycles. The quantitative estimate of drug-likeness (QED) is 0.353. The van der Waals surface area contributed by atoms with Crippen LogP contribution in [-0.2, 0) is 4.79 Å². The first-order chi connectivity index (χ1) is 4.09. The van der Waals surface area contributed by atoms with Gasteiger partial charge in [0.25, 0.3) is 0 Å². The van der Waals surface area contributed by atoms with Crippen LogP contribution >= 0.6 is 0 Å². The summed E-state index contributed by atoms with van der Waals surface area (Å²) in [6.45, 7) is -0.845. The maximum atomic E-state index is 9.85. The van der Waals surface area contributed by atoms with Crippen LogP contribution in [0.15, 0.2) is 0 Å². The van der Waals surface area contributed by atoms with E-state index in [1.165, 1.54) is 0 Å². The zero-order chi connectivity index (χ0) is 7.44. The number of hydroxylamine groups is 2. The van der Waals surface area contributed by atoms with E-state index in [1.807, 2.05) is 0 Å². The van der Waals surface area contributed by atoms with Gasteiger partial charge in [-0.3, -0.25) is 15.2 Å². The van der Waals surface area contributed by atoms with Gasteiger partial charge in [-0.05, 0) is 0 Å². The summed E-state index contributed by atoms with van der Waals surface area (Å²) in [6, 6.07) is -1.66. The van der Waals surface area contributed by atoms with Crippen molar-refractivity contribution in [2.24, 2.45) is 0 Å². The second-order valence-corrected chi connectivity index (χ2v) is 1.36. The van der Waals surface area contributed by atoms with Gasteiger partial charge in [0.2, 0.25) is 0 Å². The van der Waals surface area contributed by atoms with Crippen molar-refractivity contribution in [3.63, 3.8) is 0 Å². The van der Waals surface area contributed by atoms with Crippen molar-refractivity contribution in [3.8, 4) is 0 Å². The minimum Gasteiger partial charge on any atom is -0.480 e. The lowest BCUT2D eigenvalue weighted by Gasteiger charge is -2.11. The number of carboxylic acid groups (broad SMARTS) is 1. The van der Waals surface area contributed by atoms with Crippen molar-refractivity contribution in [2.45, 2.75) is 6.04 Å². The highest BCUT2D eigenvalue weighted by Gasteiger charge is 2.21. The molecule has 6 heteroatoms. The number of aliphatic hydroxyl groups excluding tert-OH is 1. The van der Waals surface area contributed by atoms with Crippen LogP contribution in [0, 0.1) is 0 Å². The smallest absolute Gasteiger partial charge is 0.328 e. The molecular formula is C3H7NO5. The van der Waals surface area contributed by atoms with Gasteiger partial charge in [-0.1, -0.05) is 5.23 Å². The Bertz CT molecular complexity index is 102. The van der Waals surface area contributed by atoms with Gasteiger partial charge in [-0.15, -0.1) is 0 Å². The molecule has 0 aliphatic heterocycles. The van der Waals surface area contributed by atoms with Gasteiger partial charge in [0, 0.05) is 0 Å². The Hall–Kier alpha value is -0.690. The molecule has 0 bridgehead atoms. The second kappa shape index (κ2) is 3.36. The van der Waals surface area contributed by atoms with Gasteiger partial charge >= 0.3 is 5.97 Å². The van der Waals surface area contributed by atoms with Gasteiger partial charge < -0.3 is 10.2 Å². The number of aliphatic carboxylic acids is 1. The lowest BCUT2D eigenvalue weighted by Crippen LogP contribution is -2.39. The summed E-state index contributed by atoms with van der Waals surface area (Å²) in [5, 5.41) is 31.7. The summed E-state index contributed by atoms with van der Waals surface area (Å²) in [4.78, 5) is 9.85. The summed E-state index contributed by atoms with van der Waals surface area (Å²) >= 11 is 0. The zero-order valence-corrected chi connectivity index (χ0v) is 4.43. The fraction of sp³-hybridized carbons (Fsp3) is 0.667. The molecule has 0 heterocycles. The molecule has 1 unspecified atom stereocenters. The van der Waals surface area contributed by atoms with Crippen molar-refractivity contribution in [1.29, 1.82) is 0 Å². The van der Waals surface area contributed by atoms with Crippen LogP contribution in [-0.4, -0.2) is 44.5 Å². The SMILES string of the molecule is O=C(O)C(CO)N(O)O. The number of hydrogen-bond acceptors (Lipinski definition) is 5. The molecule has 1 atom stereocenters. The predicted molar refractivity (Wildman–Crippen MR) is 23.9 cm³/mol. The molecule has 0 amide bonds. The summed E-state index contributed by atoms with van der Waals surface area (Å²) < 4.78 is 0. The molecule has 0 fully saturated rings. The number of carbonyl (C=O) groups is 1. The molecule has 0 rings (SSSR count). The third-order valence-corrected chi connectivity index (χ3v) is 0.737. The van der Waals surface area contributed by atoms with Crippen LogP contribution in [0.1, 0.15) is 0 Å². The van der Waals surface area contributed by atoms with E-state index in [-0.39, 0.29) is 0 Å². The van der Waals surface area contributed by atoms with Crippen LogP contribution in [0.4, 0.5) is 0 Å². The molecule has 0 saturated heterocycles. The maximum absolute atomic E-state index is 9.85. The fourth-order valence-electron chi connectivity index (χ4n) is 0.250. The van der Waals surface area contributed by atoms with E-state index in [1.54, 1.807) is 0 Å². The molecule has 0 aromatic carbocycles. The highest BCUT2D eigenvalue weighted by Crippen LogP contribution is 1.89. The standard InChI is InChI=1S/C3H7NO5/c5-1-2(3(6)7)4(8)9/h2,5,8-9H,1H2,(H,6,7). The predicted octanol–water partition coefficient (Wildman–Crippen LogP) is -1.49. The fourth-order valence-corrected chi connectivity index (χ4v) is 0.250. The Balaban J connectivity index is 3.83.